The molecule has 0 aliphatic rings. The number of hydrogen-bond acceptors (Lipinski definition) is 3. The van der Waals surface area contributed by atoms with Gasteiger partial charge < -0.3 is 15.0 Å². The Morgan fingerprint density at radius 2 is 2.05 bits per heavy atom. The van der Waals surface area contributed by atoms with Crippen molar-refractivity contribution in [2.75, 3.05) is 6.61 Å². The first kappa shape index (κ1) is 13.8. The summed E-state index contributed by atoms with van der Waals surface area (Å²) in [7, 11) is 0. The fraction of sp³-hybridized carbons (Fsp3) is 0.400. The lowest BCUT2D eigenvalue weighted by Gasteiger charge is -2.21. The van der Waals surface area contributed by atoms with Crippen LogP contribution in [0, 0.1) is 0 Å². The van der Waals surface area contributed by atoms with Crippen molar-refractivity contribution in [2.45, 2.75) is 32.4 Å². The van der Waals surface area contributed by atoms with Crippen LogP contribution in [-0.4, -0.2) is 27.3 Å². The minimum atomic E-state index is 0.156. The predicted molar refractivity (Wildman–Crippen MR) is 76.3 cm³/mol. The average Bonchev–Trinajstić information content (AvgIpc) is 2.99. The maximum Gasteiger partial charge on any atom is 0.0991 e. The average molecular weight is 259 g/mol. The van der Waals surface area contributed by atoms with Crippen molar-refractivity contribution < 1.29 is 5.11 Å². The van der Waals surface area contributed by atoms with E-state index >= 15 is 0 Å². The van der Waals surface area contributed by atoms with Crippen molar-refractivity contribution in [3.8, 4) is 5.69 Å². The van der Waals surface area contributed by atoms with Gasteiger partial charge in [-0.2, -0.15) is 0 Å². The predicted octanol–water partition coefficient (Wildman–Crippen LogP) is 2.29. The zero-order chi connectivity index (χ0) is 13.7. The topological polar surface area (TPSA) is 50.1 Å². The molecule has 4 heteroatoms. The van der Waals surface area contributed by atoms with E-state index in [1.54, 1.807) is 12.5 Å². The van der Waals surface area contributed by atoms with Gasteiger partial charge in [-0.15, -0.1) is 0 Å². The van der Waals surface area contributed by atoms with Gasteiger partial charge in [0.05, 0.1) is 12.9 Å². The standard InChI is InChI=1S/C15H21N3O/c1-3-14(10-19)17-12(2)13-4-6-15(7-5-13)18-9-8-16-11-18/h4-9,11-12,14,17,19H,3,10H2,1-2H3. The summed E-state index contributed by atoms with van der Waals surface area (Å²) >= 11 is 0. The van der Waals surface area contributed by atoms with Crippen LogP contribution in [0.2, 0.25) is 0 Å². The Hall–Kier alpha value is -1.65. The molecule has 2 N–H and O–H groups in total. The fourth-order valence-electron chi connectivity index (χ4n) is 2.10. The maximum absolute atomic E-state index is 9.22. The summed E-state index contributed by atoms with van der Waals surface area (Å²) < 4.78 is 1.98. The lowest BCUT2D eigenvalue weighted by atomic mass is 10.1. The van der Waals surface area contributed by atoms with Crippen LogP contribution in [0.3, 0.4) is 0 Å². The molecular weight excluding hydrogens is 238 g/mol. The molecule has 102 valence electrons. The van der Waals surface area contributed by atoms with Crippen LogP contribution in [0.1, 0.15) is 31.9 Å². The zero-order valence-corrected chi connectivity index (χ0v) is 11.5. The molecule has 0 aliphatic heterocycles. The van der Waals surface area contributed by atoms with Crippen molar-refractivity contribution in [3.63, 3.8) is 0 Å². The highest BCUT2D eigenvalue weighted by molar-refractivity contribution is 5.35. The van der Waals surface area contributed by atoms with Gasteiger partial charge in [0.15, 0.2) is 0 Å². The zero-order valence-electron chi connectivity index (χ0n) is 11.5. The van der Waals surface area contributed by atoms with Gasteiger partial charge in [-0.3, -0.25) is 0 Å². The number of nitrogens with one attached hydrogen (secondary N) is 1. The maximum atomic E-state index is 9.22. The molecule has 0 saturated heterocycles. The number of nitrogens with zero attached hydrogens (tertiary/aromatic N) is 2. The molecule has 1 heterocycles. The Bertz CT molecular complexity index is 475. The summed E-state index contributed by atoms with van der Waals surface area (Å²) in [4.78, 5) is 4.04. The molecule has 0 radical (unpaired) electrons. The number of aliphatic hydroxyl groups excluding tert-OH is 1. The highest BCUT2D eigenvalue weighted by Crippen LogP contribution is 2.16. The molecule has 19 heavy (non-hydrogen) atoms. The van der Waals surface area contributed by atoms with Gasteiger partial charge in [0.2, 0.25) is 0 Å². The van der Waals surface area contributed by atoms with Crippen molar-refractivity contribution in [1.29, 1.82) is 0 Å². The largest absolute Gasteiger partial charge is 0.395 e. The second-order valence-corrected chi connectivity index (χ2v) is 4.74. The van der Waals surface area contributed by atoms with Crippen LogP contribution in [-0.2, 0) is 0 Å². The molecule has 0 saturated carbocycles. The van der Waals surface area contributed by atoms with E-state index in [9.17, 15) is 5.11 Å². The molecule has 1 aromatic carbocycles. The second kappa shape index (κ2) is 6.50. The molecule has 2 atom stereocenters. The molecule has 1 aromatic heterocycles. The molecule has 2 unspecified atom stereocenters. The smallest absolute Gasteiger partial charge is 0.0991 e. The number of benzene rings is 1. The summed E-state index contributed by atoms with van der Waals surface area (Å²) in [6.07, 6.45) is 6.41. The van der Waals surface area contributed by atoms with Gasteiger partial charge in [-0.05, 0) is 31.0 Å². The van der Waals surface area contributed by atoms with Gasteiger partial charge in [0.25, 0.3) is 0 Å². The van der Waals surface area contributed by atoms with Crippen LogP contribution < -0.4 is 5.32 Å². The number of imidazole rings is 1. The van der Waals surface area contributed by atoms with Crippen molar-refractivity contribution in [2.24, 2.45) is 0 Å². The Morgan fingerprint density at radius 3 is 2.58 bits per heavy atom. The van der Waals surface area contributed by atoms with Crippen LogP contribution in [0.4, 0.5) is 0 Å². The quantitative estimate of drug-likeness (QED) is 0.837. The van der Waals surface area contributed by atoms with Gasteiger partial charge in [0, 0.05) is 30.2 Å². The van der Waals surface area contributed by atoms with Crippen molar-refractivity contribution in [1.82, 2.24) is 14.9 Å². The third-order valence-electron chi connectivity index (χ3n) is 3.39. The van der Waals surface area contributed by atoms with Crippen LogP contribution in [0.5, 0.6) is 0 Å². The van der Waals surface area contributed by atoms with E-state index in [1.807, 2.05) is 10.8 Å². The van der Waals surface area contributed by atoms with Crippen molar-refractivity contribution >= 4 is 0 Å². The minimum absolute atomic E-state index is 0.156. The molecule has 4 nitrogen and oxygen atoms in total. The highest BCUT2D eigenvalue weighted by atomic mass is 16.3. The molecular formula is C15H21N3O. The molecule has 0 spiro atoms. The van der Waals surface area contributed by atoms with Gasteiger partial charge >= 0.3 is 0 Å². The Labute approximate surface area is 114 Å². The van der Waals surface area contributed by atoms with E-state index in [-0.39, 0.29) is 18.7 Å². The Balaban J connectivity index is 2.05. The fourth-order valence-corrected chi connectivity index (χ4v) is 2.10. The second-order valence-electron chi connectivity index (χ2n) is 4.74. The first-order valence-corrected chi connectivity index (χ1v) is 6.69. The summed E-state index contributed by atoms with van der Waals surface area (Å²) in [5.41, 5.74) is 2.32. The van der Waals surface area contributed by atoms with E-state index in [0.717, 1.165) is 12.1 Å². The molecule has 0 fully saturated rings. The molecule has 0 aliphatic carbocycles. The van der Waals surface area contributed by atoms with E-state index < -0.39 is 0 Å². The molecule has 0 amide bonds. The lowest BCUT2D eigenvalue weighted by molar-refractivity contribution is 0.230. The third kappa shape index (κ3) is 3.43. The van der Waals surface area contributed by atoms with Crippen LogP contribution in [0.25, 0.3) is 5.69 Å². The first-order valence-electron chi connectivity index (χ1n) is 6.69. The highest BCUT2D eigenvalue weighted by Gasteiger charge is 2.10. The molecule has 2 aromatic rings. The van der Waals surface area contributed by atoms with E-state index in [4.69, 9.17) is 0 Å². The van der Waals surface area contributed by atoms with Crippen LogP contribution >= 0.6 is 0 Å². The summed E-state index contributed by atoms with van der Waals surface area (Å²) in [5, 5.41) is 12.6. The Kier molecular flexibility index (Phi) is 4.71. The first-order chi connectivity index (χ1) is 9.24. The van der Waals surface area contributed by atoms with E-state index in [0.29, 0.717) is 0 Å². The molecule has 0 bridgehead atoms. The Morgan fingerprint density at radius 1 is 1.32 bits per heavy atom. The molecule has 2 rings (SSSR count). The van der Waals surface area contributed by atoms with E-state index in [1.165, 1.54) is 5.56 Å². The number of aromatic nitrogens is 2. The number of aliphatic hydroxyl groups is 1. The summed E-state index contributed by atoms with van der Waals surface area (Å²) in [6.45, 7) is 4.36. The van der Waals surface area contributed by atoms with Crippen LogP contribution in [0.15, 0.2) is 43.0 Å². The van der Waals surface area contributed by atoms with E-state index in [2.05, 4.69) is 48.4 Å². The monoisotopic (exact) mass is 259 g/mol. The lowest BCUT2D eigenvalue weighted by Crippen LogP contribution is -2.33. The number of hydrogen-bond donors (Lipinski definition) is 2. The summed E-state index contributed by atoms with van der Waals surface area (Å²) in [6, 6.07) is 8.76. The van der Waals surface area contributed by atoms with Crippen molar-refractivity contribution in [3.05, 3.63) is 48.5 Å². The van der Waals surface area contributed by atoms with Gasteiger partial charge in [0.1, 0.15) is 0 Å². The van der Waals surface area contributed by atoms with Gasteiger partial charge in [-0.1, -0.05) is 19.1 Å². The SMILES string of the molecule is CCC(CO)NC(C)c1ccc(-n2ccnc2)cc1. The summed E-state index contributed by atoms with van der Waals surface area (Å²) in [5.74, 6) is 0. The minimum Gasteiger partial charge on any atom is -0.395 e. The van der Waals surface area contributed by atoms with Gasteiger partial charge in [-0.25, -0.2) is 4.98 Å². The normalized spacial score (nSPS) is 14.3. The number of rotatable bonds is 6. The third-order valence-corrected chi connectivity index (χ3v) is 3.39.